The first-order valence-electron chi connectivity index (χ1n) is 7.01. The van der Waals surface area contributed by atoms with Crippen LogP contribution in [0.5, 0.6) is 0 Å². The average molecular weight is 320 g/mol. The van der Waals surface area contributed by atoms with Crippen molar-refractivity contribution in [1.82, 2.24) is 21.3 Å². The summed E-state index contributed by atoms with van der Waals surface area (Å²) < 4.78 is 0. The molecule has 0 heterocycles. The highest BCUT2D eigenvalue weighted by Crippen LogP contribution is 1.82. The second-order valence-electron chi connectivity index (χ2n) is 3.66. The Bertz CT molecular complexity index is 278. The maximum absolute atomic E-state index is 10.3. The lowest BCUT2D eigenvalue weighted by Gasteiger charge is -1.91. The minimum atomic E-state index is 0.00463. The van der Waals surface area contributed by atoms with Gasteiger partial charge in [0, 0.05) is 48.0 Å². The molecule has 0 aliphatic rings. The molecule has 0 aliphatic heterocycles. The van der Waals surface area contributed by atoms with Gasteiger partial charge in [0.25, 0.3) is 0 Å². The molecule has 8 heteroatoms. The SMILES string of the molecule is CCC(=O)NC.CCCC(=O)NC.CNC(C)=O.CNC=O. The van der Waals surface area contributed by atoms with Gasteiger partial charge in [0.15, 0.2) is 0 Å². The summed E-state index contributed by atoms with van der Waals surface area (Å²) in [4.78, 5) is 39.1. The molecule has 0 aliphatic carbocycles. The molecule has 0 aromatic rings. The Morgan fingerprint density at radius 2 is 1.23 bits per heavy atom. The molecule has 0 spiro atoms. The Morgan fingerprint density at radius 3 is 1.27 bits per heavy atom. The van der Waals surface area contributed by atoms with Gasteiger partial charge in [-0.1, -0.05) is 13.8 Å². The number of rotatable bonds is 4. The van der Waals surface area contributed by atoms with E-state index in [0.29, 0.717) is 19.3 Å². The van der Waals surface area contributed by atoms with Gasteiger partial charge in [-0.25, -0.2) is 0 Å². The standard InChI is InChI=1S/C5H11NO.C4H9NO.C3H7NO.C2H5NO/c1-3-4-5(7)6-2;1-3-4(6)5-2;1-3(5)4-2;1-3-2-4/h3-4H2,1-2H3,(H,6,7);3H2,1-2H3,(H,5,6);1-2H3,(H,4,5);2H,1H3,(H,3,4). The van der Waals surface area contributed by atoms with Crippen LogP contribution in [0.4, 0.5) is 0 Å². The number of hydrogen-bond donors (Lipinski definition) is 4. The van der Waals surface area contributed by atoms with Crippen molar-refractivity contribution >= 4 is 24.1 Å². The van der Waals surface area contributed by atoms with Crippen molar-refractivity contribution in [3.8, 4) is 0 Å². The zero-order chi connectivity index (χ0) is 18.4. The largest absolute Gasteiger partial charge is 0.362 e. The van der Waals surface area contributed by atoms with Gasteiger partial charge in [-0.2, -0.15) is 0 Å². The summed E-state index contributed by atoms with van der Waals surface area (Å²) in [5, 5.41) is 9.64. The van der Waals surface area contributed by atoms with E-state index in [-0.39, 0.29) is 17.7 Å². The maximum Gasteiger partial charge on any atom is 0.219 e. The van der Waals surface area contributed by atoms with E-state index in [2.05, 4.69) is 21.3 Å². The highest BCUT2D eigenvalue weighted by Gasteiger charge is 1.89. The molecule has 4 amide bonds. The predicted octanol–water partition coefficient (Wildman–Crippen LogP) is -0.211. The van der Waals surface area contributed by atoms with Gasteiger partial charge in [-0.15, -0.1) is 0 Å². The van der Waals surface area contributed by atoms with Crippen molar-refractivity contribution in [2.75, 3.05) is 28.2 Å². The molecule has 8 nitrogen and oxygen atoms in total. The molecule has 132 valence electrons. The quantitative estimate of drug-likeness (QED) is 0.536. The Morgan fingerprint density at radius 1 is 0.864 bits per heavy atom. The molecule has 0 fully saturated rings. The van der Waals surface area contributed by atoms with Crippen molar-refractivity contribution < 1.29 is 19.2 Å². The van der Waals surface area contributed by atoms with Crippen LogP contribution in [0.1, 0.15) is 40.0 Å². The van der Waals surface area contributed by atoms with Crippen LogP contribution in [0.3, 0.4) is 0 Å². The van der Waals surface area contributed by atoms with E-state index in [1.165, 1.54) is 6.92 Å². The van der Waals surface area contributed by atoms with Gasteiger partial charge in [0.05, 0.1) is 0 Å². The van der Waals surface area contributed by atoms with E-state index in [4.69, 9.17) is 4.79 Å². The first kappa shape index (κ1) is 28.1. The van der Waals surface area contributed by atoms with Gasteiger partial charge in [0.1, 0.15) is 0 Å². The average Bonchev–Trinajstić information content (AvgIpc) is 2.55. The summed E-state index contributed by atoms with van der Waals surface area (Å²) in [6, 6.07) is 0. The third-order valence-electron chi connectivity index (χ3n) is 1.83. The molecule has 0 saturated heterocycles. The Hall–Kier alpha value is -2.12. The Labute approximate surface area is 133 Å². The van der Waals surface area contributed by atoms with Crippen molar-refractivity contribution in [3.63, 3.8) is 0 Å². The summed E-state index contributed by atoms with van der Waals surface area (Å²) in [5.41, 5.74) is 0. The van der Waals surface area contributed by atoms with Gasteiger partial charge >= 0.3 is 0 Å². The third kappa shape index (κ3) is 52.2. The van der Waals surface area contributed by atoms with E-state index < -0.39 is 0 Å². The minimum Gasteiger partial charge on any atom is -0.362 e. The summed E-state index contributed by atoms with van der Waals surface area (Å²) in [6.45, 7) is 5.27. The Balaban J connectivity index is -0.000000100. The normalized spacial score (nSPS) is 7.23. The molecule has 0 rings (SSSR count). The van der Waals surface area contributed by atoms with Crippen LogP contribution >= 0.6 is 0 Å². The molecule has 0 aromatic heterocycles. The van der Waals surface area contributed by atoms with E-state index in [1.807, 2.05) is 13.8 Å². The highest BCUT2D eigenvalue weighted by atomic mass is 16.2. The molecule has 0 unspecified atom stereocenters. The van der Waals surface area contributed by atoms with E-state index in [0.717, 1.165) is 6.42 Å². The zero-order valence-electron chi connectivity index (χ0n) is 14.8. The maximum atomic E-state index is 10.3. The van der Waals surface area contributed by atoms with Crippen molar-refractivity contribution in [3.05, 3.63) is 0 Å². The van der Waals surface area contributed by atoms with Crippen molar-refractivity contribution in [2.24, 2.45) is 0 Å². The number of hydrogen-bond acceptors (Lipinski definition) is 4. The molecular weight excluding hydrogens is 288 g/mol. The van der Waals surface area contributed by atoms with Crippen LogP contribution in [0.15, 0.2) is 0 Å². The van der Waals surface area contributed by atoms with Crippen molar-refractivity contribution in [2.45, 2.75) is 40.0 Å². The summed E-state index contributed by atoms with van der Waals surface area (Å²) >= 11 is 0. The second-order valence-corrected chi connectivity index (χ2v) is 3.66. The molecular formula is C14H32N4O4. The fourth-order valence-corrected chi connectivity index (χ4v) is 0.529. The van der Waals surface area contributed by atoms with Gasteiger partial charge < -0.3 is 21.3 Å². The molecule has 0 radical (unpaired) electrons. The summed E-state index contributed by atoms with van der Waals surface area (Å²) in [7, 11) is 6.44. The molecule has 4 N–H and O–H groups in total. The van der Waals surface area contributed by atoms with Gasteiger partial charge in [-0.3, -0.25) is 19.2 Å². The highest BCUT2D eigenvalue weighted by molar-refractivity contribution is 5.75. The van der Waals surface area contributed by atoms with E-state index in [1.54, 1.807) is 28.2 Å². The molecule has 0 saturated carbocycles. The zero-order valence-corrected chi connectivity index (χ0v) is 14.8. The van der Waals surface area contributed by atoms with Crippen LogP contribution in [-0.4, -0.2) is 52.3 Å². The number of amides is 4. The fourth-order valence-electron chi connectivity index (χ4n) is 0.529. The predicted molar refractivity (Wildman–Crippen MR) is 88.2 cm³/mol. The minimum absolute atomic E-state index is 0.00463. The summed E-state index contributed by atoms with van der Waals surface area (Å²) in [5.74, 6) is 0.225. The van der Waals surface area contributed by atoms with Gasteiger partial charge in [-0.05, 0) is 6.42 Å². The number of carbonyl (C=O) groups excluding carboxylic acids is 4. The van der Waals surface area contributed by atoms with Crippen molar-refractivity contribution in [1.29, 1.82) is 0 Å². The lowest BCUT2D eigenvalue weighted by molar-refractivity contribution is -0.121. The van der Waals surface area contributed by atoms with Gasteiger partial charge in [0.2, 0.25) is 24.1 Å². The molecule has 0 atom stereocenters. The van der Waals surface area contributed by atoms with E-state index in [9.17, 15) is 14.4 Å². The number of carbonyl (C=O) groups is 4. The molecule has 22 heavy (non-hydrogen) atoms. The first-order valence-corrected chi connectivity index (χ1v) is 7.01. The lowest BCUT2D eigenvalue weighted by atomic mass is 10.3. The van der Waals surface area contributed by atoms with Crippen LogP contribution in [-0.2, 0) is 19.2 Å². The topological polar surface area (TPSA) is 116 Å². The number of nitrogens with one attached hydrogen (secondary N) is 4. The first-order chi connectivity index (χ1) is 10.3. The van der Waals surface area contributed by atoms with E-state index >= 15 is 0 Å². The van der Waals surface area contributed by atoms with Crippen LogP contribution in [0.25, 0.3) is 0 Å². The Kier molecular flexibility index (Phi) is 34.8. The molecule has 0 bridgehead atoms. The smallest absolute Gasteiger partial charge is 0.219 e. The van der Waals surface area contributed by atoms with Crippen LogP contribution in [0.2, 0.25) is 0 Å². The van der Waals surface area contributed by atoms with Crippen LogP contribution < -0.4 is 21.3 Å². The van der Waals surface area contributed by atoms with Crippen LogP contribution in [0, 0.1) is 0 Å². The second kappa shape index (κ2) is 27.3. The third-order valence-corrected chi connectivity index (χ3v) is 1.83. The fraction of sp³-hybridized carbons (Fsp3) is 0.714. The lowest BCUT2D eigenvalue weighted by Crippen LogP contribution is -2.16. The molecule has 0 aromatic carbocycles. The monoisotopic (exact) mass is 320 g/mol. The summed E-state index contributed by atoms with van der Waals surface area (Å²) in [6.07, 6.45) is 2.78.